The Hall–Kier alpha value is -0.590. The number of carbonyl (C=O) groups excluding carboxylic acids is 1. The van der Waals surface area contributed by atoms with Crippen molar-refractivity contribution in [1.82, 2.24) is 15.1 Å². The van der Waals surface area contributed by atoms with Crippen LogP contribution in [0.1, 0.15) is 34.6 Å². The Bertz CT molecular complexity index is 374. The van der Waals surface area contributed by atoms with Crippen molar-refractivity contribution < 1.29 is 4.79 Å². The summed E-state index contributed by atoms with van der Waals surface area (Å²) in [4.78, 5) is 11.9. The van der Waals surface area contributed by atoms with E-state index in [0.717, 1.165) is 40.8 Å². The Morgan fingerprint density at radius 1 is 1.44 bits per heavy atom. The number of aryl methyl sites for hydroxylation is 2. The third-order valence-electron chi connectivity index (χ3n) is 2.58. The molecule has 0 aromatic carbocycles. The number of amides is 1. The number of carbonyl (C=O) groups is 1. The topological polar surface area (TPSA) is 46.9 Å². The highest BCUT2D eigenvalue weighted by Gasteiger charge is 2.16. The van der Waals surface area contributed by atoms with Crippen molar-refractivity contribution in [1.29, 1.82) is 0 Å². The van der Waals surface area contributed by atoms with Gasteiger partial charge < -0.3 is 5.32 Å². The van der Waals surface area contributed by atoms with Gasteiger partial charge in [-0.3, -0.25) is 9.48 Å². The molecule has 1 aromatic rings. The van der Waals surface area contributed by atoms with Crippen LogP contribution in [0.15, 0.2) is 0 Å². The van der Waals surface area contributed by atoms with Crippen LogP contribution in [0.25, 0.3) is 0 Å². The van der Waals surface area contributed by atoms with Gasteiger partial charge in [0.25, 0.3) is 5.91 Å². The van der Waals surface area contributed by atoms with E-state index >= 15 is 0 Å². The van der Waals surface area contributed by atoms with Gasteiger partial charge in [-0.1, -0.05) is 22.6 Å². The molecule has 16 heavy (non-hydrogen) atoms. The minimum Gasteiger partial charge on any atom is -0.352 e. The van der Waals surface area contributed by atoms with Gasteiger partial charge in [-0.05, 0) is 31.1 Å². The van der Waals surface area contributed by atoms with Gasteiger partial charge in [-0.2, -0.15) is 5.10 Å². The Morgan fingerprint density at radius 2 is 2.12 bits per heavy atom. The molecule has 0 atom stereocenters. The molecule has 0 spiro atoms. The summed E-state index contributed by atoms with van der Waals surface area (Å²) in [5.41, 5.74) is 2.44. The van der Waals surface area contributed by atoms with E-state index < -0.39 is 0 Å². The largest absolute Gasteiger partial charge is 0.352 e. The summed E-state index contributed by atoms with van der Waals surface area (Å²) in [6, 6.07) is 0. The number of aromatic nitrogens is 2. The van der Waals surface area contributed by atoms with Crippen LogP contribution in [0.5, 0.6) is 0 Å². The molecule has 0 aliphatic heterocycles. The molecule has 90 valence electrons. The van der Waals surface area contributed by atoms with Gasteiger partial charge in [0.15, 0.2) is 0 Å². The van der Waals surface area contributed by atoms with Crippen molar-refractivity contribution in [2.75, 3.05) is 11.0 Å². The lowest BCUT2D eigenvalue weighted by Crippen LogP contribution is -2.25. The average molecular weight is 335 g/mol. The van der Waals surface area contributed by atoms with Crippen LogP contribution in [0.3, 0.4) is 0 Å². The van der Waals surface area contributed by atoms with Gasteiger partial charge in [0.1, 0.15) is 0 Å². The zero-order valence-electron chi connectivity index (χ0n) is 10.0. The molecule has 4 nitrogen and oxygen atoms in total. The fourth-order valence-electron chi connectivity index (χ4n) is 1.61. The quantitative estimate of drug-likeness (QED) is 0.508. The number of halogens is 1. The van der Waals surface area contributed by atoms with Crippen LogP contribution in [0.2, 0.25) is 0 Å². The lowest BCUT2D eigenvalue weighted by atomic mass is 10.2. The molecule has 5 heteroatoms. The van der Waals surface area contributed by atoms with Gasteiger partial charge in [-0.15, -0.1) is 0 Å². The summed E-state index contributed by atoms with van der Waals surface area (Å²) in [5.74, 6) is -0.00319. The van der Waals surface area contributed by atoms with E-state index in [1.54, 1.807) is 4.68 Å². The van der Waals surface area contributed by atoms with E-state index in [1.165, 1.54) is 0 Å². The van der Waals surface area contributed by atoms with Crippen molar-refractivity contribution >= 4 is 28.5 Å². The maximum Gasteiger partial charge on any atom is 0.255 e. The second-order valence-electron chi connectivity index (χ2n) is 3.82. The third kappa shape index (κ3) is 3.20. The normalized spacial score (nSPS) is 10.5. The maximum absolute atomic E-state index is 11.9. The van der Waals surface area contributed by atoms with Crippen LogP contribution in [-0.4, -0.2) is 26.7 Å². The van der Waals surface area contributed by atoms with E-state index in [-0.39, 0.29) is 5.91 Å². The number of unbranched alkanes of at least 4 members (excludes halogenated alkanes) is 1. The molecule has 0 radical (unpaired) electrons. The predicted octanol–water partition coefficient (Wildman–Crippen LogP) is 1.98. The number of rotatable bonds is 5. The van der Waals surface area contributed by atoms with Crippen LogP contribution < -0.4 is 5.32 Å². The van der Waals surface area contributed by atoms with Crippen molar-refractivity contribution in [3.8, 4) is 0 Å². The van der Waals surface area contributed by atoms with Crippen LogP contribution in [0, 0.1) is 13.8 Å². The first-order valence-corrected chi connectivity index (χ1v) is 6.94. The number of hydrogen-bond acceptors (Lipinski definition) is 2. The molecular weight excluding hydrogens is 317 g/mol. The lowest BCUT2D eigenvalue weighted by Gasteiger charge is -2.04. The number of nitrogens with zero attached hydrogens (tertiary/aromatic N) is 2. The van der Waals surface area contributed by atoms with E-state index in [2.05, 4.69) is 33.0 Å². The van der Waals surface area contributed by atoms with Crippen molar-refractivity contribution in [3.63, 3.8) is 0 Å². The number of hydrogen-bond donors (Lipinski definition) is 1. The first-order valence-electron chi connectivity index (χ1n) is 5.42. The Balaban J connectivity index is 2.59. The molecule has 0 saturated heterocycles. The van der Waals surface area contributed by atoms with E-state index in [4.69, 9.17) is 0 Å². The molecular formula is C11H18IN3O. The molecule has 0 aliphatic carbocycles. The fourth-order valence-corrected chi connectivity index (χ4v) is 2.15. The highest BCUT2D eigenvalue weighted by Crippen LogP contribution is 2.11. The summed E-state index contributed by atoms with van der Waals surface area (Å²) in [7, 11) is 1.86. The smallest absolute Gasteiger partial charge is 0.255 e. The Morgan fingerprint density at radius 3 is 2.62 bits per heavy atom. The summed E-state index contributed by atoms with van der Waals surface area (Å²) >= 11 is 2.34. The Kier molecular flexibility index (Phi) is 5.24. The van der Waals surface area contributed by atoms with Crippen LogP contribution in [-0.2, 0) is 7.05 Å². The third-order valence-corrected chi connectivity index (χ3v) is 3.34. The summed E-state index contributed by atoms with van der Waals surface area (Å²) < 4.78 is 2.88. The van der Waals surface area contributed by atoms with E-state index in [0.29, 0.717) is 0 Å². The second kappa shape index (κ2) is 6.22. The minimum atomic E-state index is -0.00319. The number of alkyl halides is 1. The summed E-state index contributed by atoms with van der Waals surface area (Å²) in [6.07, 6.45) is 2.18. The molecule has 0 fully saturated rings. The minimum absolute atomic E-state index is 0.00319. The van der Waals surface area contributed by atoms with Gasteiger partial charge in [0.2, 0.25) is 0 Å². The molecule has 0 aliphatic rings. The molecule has 1 N–H and O–H groups in total. The van der Waals surface area contributed by atoms with E-state index in [1.807, 2.05) is 20.9 Å². The monoisotopic (exact) mass is 335 g/mol. The van der Waals surface area contributed by atoms with Crippen LogP contribution in [0.4, 0.5) is 0 Å². The predicted molar refractivity (Wildman–Crippen MR) is 73.1 cm³/mol. The zero-order valence-corrected chi connectivity index (χ0v) is 12.2. The molecule has 0 saturated carbocycles. The fraction of sp³-hybridized carbons (Fsp3) is 0.636. The standard InChI is InChI=1S/C11H18IN3O/c1-8-10(9(2)15(3)14-8)11(16)13-7-5-4-6-12/h4-7H2,1-3H3,(H,13,16). The van der Waals surface area contributed by atoms with Gasteiger partial charge >= 0.3 is 0 Å². The molecule has 1 aromatic heterocycles. The Labute approximate surface area is 110 Å². The van der Waals surface area contributed by atoms with Crippen LogP contribution >= 0.6 is 22.6 Å². The summed E-state index contributed by atoms with van der Waals surface area (Å²) in [6.45, 7) is 4.53. The highest BCUT2D eigenvalue weighted by molar-refractivity contribution is 14.1. The first kappa shape index (κ1) is 13.5. The van der Waals surface area contributed by atoms with Gasteiger partial charge in [-0.25, -0.2) is 0 Å². The second-order valence-corrected chi connectivity index (χ2v) is 4.90. The van der Waals surface area contributed by atoms with E-state index in [9.17, 15) is 4.79 Å². The van der Waals surface area contributed by atoms with Crippen molar-refractivity contribution in [2.45, 2.75) is 26.7 Å². The molecule has 0 bridgehead atoms. The molecule has 1 amide bonds. The van der Waals surface area contributed by atoms with Gasteiger partial charge in [0.05, 0.1) is 11.3 Å². The summed E-state index contributed by atoms with van der Waals surface area (Å²) in [5, 5.41) is 7.16. The maximum atomic E-state index is 11.9. The first-order chi connectivity index (χ1) is 7.57. The van der Waals surface area contributed by atoms with Gasteiger partial charge in [0, 0.05) is 19.3 Å². The molecule has 0 unspecified atom stereocenters. The van der Waals surface area contributed by atoms with Crippen molar-refractivity contribution in [2.24, 2.45) is 7.05 Å². The average Bonchev–Trinajstić information content (AvgIpc) is 2.48. The van der Waals surface area contributed by atoms with Crippen molar-refractivity contribution in [3.05, 3.63) is 17.0 Å². The molecule has 1 heterocycles. The number of nitrogens with one attached hydrogen (secondary N) is 1. The molecule has 1 rings (SSSR count). The SMILES string of the molecule is Cc1nn(C)c(C)c1C(=O)NCCCCI. The highest BCUT2D eigenvalue weighted by atomic mass is 127. The zero-order chi connectivity index (χ0) is 12.1. The lowest BCUT2D eigenvalue weighted by molar-refractivity contribution is 0.0952.